The number of hydrogen-bond donors (Lipinski definition) is 0. The highest BCUT2D eigenvalue weighted by atomic mass is 16.6. The molecule has 0 N–H and O–H groups in total. The standard InChI is InChI=1S/C13H20O5/c1-6-7(2)8-9(17-10(8)14)11(15)18-12(16)13(3,4)5/h7-9H,6H2,1-5H3/t7-,8-,9+/m0/s1. The van der Waals surface area contributed by atoms with Crippen molar-refractivity contribution < 1.29 is 23.9 Å². The molecule has 1 heterocycles. The van der Waals surface area contributed by atoms with Gasteiger partial charge >= 0.3 is 17.9 Å². The zero-order valence-corrected chi connectivity index (χ0v) is 11.5. The van der Waals surface area contributed by atoms with Crippen LogP contribution in [0.1, 0.15) is 41.0 Å². The van der Waals surface area contributed by atoms with Crippen LogP contribution in [0.25, 0.3) is 0 Å². The minimum Gasteiger partial charge on any atom is -0.449 e. The lowest BCUT2D eigenvalue weighted by Gasteiger charge is -2.36. The summed E-state index contributed by atoms with van der Waals surface area (Å²) in [6, 6.07) is 0. The van der Waals surface area contributed by atoms with Crippen LogP contribution < -0.4 is 0 Å². The Balaban J connectivity index is 2.64. The van der Waals surface area contributed by atoms with Gasteiger partial charge in [0.25, 0.3) is 0 Å². The van der Waals surface area contributed by atoms with E-state index in [1.165, 1.54) is 0 Å². The van der Waals surface area contributed by atoms with Gasteiger partial charge in [-0.05, 0) is 26.7 Å². The third-order valence-electron chi connectivity index (χ3n) is 3.14. The van der Waals surface area contributed by atoms with Gasteiger partial charge in [-0.15, -0.1) is 0 Å². The smallest absolute Gasteiger partial charge is 0.356 e. The highest BCUT2D eigenvalue weighted by Crippen LogP contribution is 2.32. The molecule has 1 fully saturated rings. The third kappa shape index (κ3) is 2.89. The second-order valence-corrected chi connectivity index (χ2v) is 5.73. The van der Waals surface area contributed by atoms with Crippen LogP contribution in [-0.2, 0) is 23.9 Å². The first kappa shape index (κ1) is 14.7. The van der Waals surface area contributed by atoms with Crippen LogP contribution in [0.5, 0.6) is 0 Å². The topological polar surface area (TPSA) is 69.7 Å². The molecule has 0 aromatic carbocycles. The van der Waals surface area contributed by atoms with Crippen LogP contribution in [0, 0.1) is 17.3 Å². The normalized spacial score (nSPS) is 24.8. The second-order valence-electron chi connectivity index (χ2n) is 5.73. The van der Waals surface area contributed by atoms with Crippen LogP contribution >= 0.6 is 0 Å². The van der Waals surface area contributed by atoms with Gasteiger partial charge in [0.1, 0.15) is 5.92 Å². The molecule has 0 spiro atoms. The van der Waals surface area contributed by atoms with E-state index >= 15 is 0 Å². The molecule has 1 aliphatic rings. The van der Waals surface area contributed by atoms with Gasteiger partial charge in [0.2, 0.25) is 6.10 Å². The third-order valence-corrected chi connectivity index (χ3v) is 3.14. The van der Waals surface area contributed by atoms with E-state index in [-0.39, 0.29) is 5.92 Å². The average Bonchev–Trinajstić information content (AvgIpc) is 2.23. The number of esters is 3. The lowest BCUT2D eigenvalue weighted by Crippen LogP contribution is -2.54. The quantitative estimate of drug-likeness (QED) is 0.567. The predicted molar refractivity (Wildman–Crippen MR) is 63.4 cm³/mol. The first-order chi connectivity index (χ1) is 8.18. The summed E-state index contributed by atoms with van der Waals surface area (Å²) < 4.78 is 9.52. The van der Waals surface area contributed by atoms with E-state index in [0.717, 1.165) is 6.42 Å². The lowest BCUT2D eigenvalue weighted by atomic mass is 9.83. The average molecular weight is 256 g/mol. The van der Waals surface area contributed by atoms with Crippen molar-refractivity contribution in [1.82, 2.24) is 0 Å². The summed E-state index contributed by atoms with van der Waals surface area (Å²) in [5.74, 6) is -2.23. The highest BCUT2D eigenvalue weighted by Gasteiger charge is 2.51. The number of ether oxygens (including phenoxy) is 2. The molecule has 1 rings (SSSR count). The van der Waals surface area contributed by atoms with Gasteiger partial charge in [-0.25, -0.2) is 4.79 Å². The van der Waals surface area contributed by atoms with Gasteiger partial charge in [0, 0.05) is 0 Å². The summed E-state index contributed by atoms with van der Waals surface area (Å²) in [6.07, 6.45) is -0.171. The maximum absolute atomic E-state index is 11.7. The van der Waals surface area contributed by atoms with E-state index in [9.17, 15) is 14.4 Å². The number of carbonyl (C=O) groups excluding carboxylic acids is 3. The van der Waals surface area contributed by atoms with Crippen molar-refractivity contribution in [3.05, 3.63) is 0 Å². The second kappa shape index (κ2) is 5.08. The van der Waals surface area contributed by atoms with Gasteiger partial charge in [-0.3, -0.25) is 9.59 Å². The minimum atomic E-state index is -0.932. The van der Waals surface area contributed by atoms with Crippen LogP contribution in [0.3, 0.4) is 0 Å². The summed E-state index contributed by atoms with van der Waals surface area (Å²) in [4.78, 5) is 34.6. The summed E-state index contributed by atoms with van der Waals surface area (Å²) in [5.41, 5.74) is -0.755. The molecule has 0 radical (unpaired) electrons. The van der Waals surface area contributed by atoms with E-state index in [2.05, 4.69) is 0 Å². The number of carbonyl (C=O) groups is 3. The van der Waals surface area contributed by atoms with Gasteiger partial charge in [-0.1, -0.05) is 20.3 Å². The lowest BCUT2D eigenvalue weighted by molar-refractivity contribution is -0.205. The zero-order chi connectivity index (χ0) is 14.1. The molecule has 0 unspecified atom stereocenters. The van der Waals surface area contributed by atoms with Gasteiger partial charge in [0.05, 0.1) is 5.41 Å². The number of rotatable bonds is 3. The minimum absolute atomic E-state index is 0.0357. The van der Waals surface area contributed by atoms with Crippen LogP contribution in [0.15, 0.2) is 0 Å². The fraction of sp³-hybridized carbons (Fsp3) is 0.769. The molecular weight excluding hydrogens is 236 g/mol. The molecule has 5 heteroatoms. The fourth-order valence-corrected chi connectivity index (χ4v) is 1.61. The molecule has 0 aromatic heterocycles. The van der Waals surface area contributed by atoms with E-state index < -0.39 is 35.3 Å². The molecule has 0 bridgehead atoms. The molecule has 0 aromatic rings. The van der Waals surface area contributed by atoms with E-state index in [1.54, 1.807) is 20.8 Å². The summed E-state index contributed by atoms with van der Waals surface area (Å²) in [5, 5.41) is 0. The summed E-state index contributed by atoms with van der Waals surface area (Å²) >= 11 is 0. The Labute approximate surface area is 107 Å². The molecule has 3 atom stereocenters. The van der Waals surface area contributed by atoms with Gasteiger partial charge < -0.3 is 9.47 Å². The highest BCUT2D eigenvalue weighted by molar-refractivity contribution is 5.97. The molecule has 1 saturated heterocycles. The predicted octanol–water partition coefficient (Wildman–Crippen LogP) is 1.69. The van der Waals surface area contributed by atoms with Crippen molar-refractivity contribution in [3.63, 3.8) is 0 Å². The zero-order valence-electron chi connectivity index (χ0n) is 11.5. The summed E-state index contributed by atoms with van der Waals surface area (Å²) in [7, 11) is 0. The van der Waals surface area contributed by atoms with Crippen molar-refractivity contribution in [2.24, 2.45) is 17.3 Å². The van der Waals surface area contributed by atoms with Crippen molar-refractivity contribution in [3.8, 4) is 0 Å². The van der Waals surface area contributed by atoms with Crippen molar-refractivity contribution in [1.29, 1.82) is 0 Å². The molecule has 0 amide bonds. The van der Waals surface area contributed by atoms with E-state index in [0.29, 0.717) is 0 Å². The first-order valence-electron chi connectivity index (χ1n) is 6.15. The Morgan fingerprint density at radius 2 is 1.94 bits per heavy atom. The maximum Gasteiger partial charge on any atom is 0.356 e. The number of cyclic esters (lactones) is 1. The van der Waals surface area contributed by atoms with Crippen LogP contribution in [0.2, 0.25) is 0 Å². The SMILES string of the molecule is CC[C@H](C)[C@@H]1C(=O)O[C@H]1C(=O)OC(=O)C(C)(C)C. The largest absolute Gasteiger partial charge is 0.449 e. The first-order valence-corrected chi connectivity index (χ1v) is 6.15. The van der Waals surface area contributed by atoms with Crippen molar-refractivity contribution in [2.75, 3.05) is 0 Å². The number of hydrogen-bond acceptors (Lipinski definition) is 5. The molecule has 0 aliphatic carbocycles. The van der Waals surface area contributed by atoms with E-state index in [1.807, 2.05) is 13.8 Å². The molecule has 0 saturated carbocycles. The molecule has 18 heavy (non-hydrogen) atoms. The van der Waals surface area contributed by atoms with Crippen molar-refractivity contribution >= 4 is 17.9 Å². The maximum atomic E-state index is 11.7. The Morgan fingerprint density at radius 3 is 2.33 bits per heavy atom. The monoisotopic (exact) mass is 256 g/mol. The van der Waals surface area contributed by atoms with Crippen LogP contribution in [-0.4, -0.2) is 24.0 Å². The Bertz CT molecular complexity index is 366. The molecule has 102 valence electrons. The summed E-state index contributed by atoms with van der Waals surface area (Å²) in [6.45, 7) is 8.76. The molecular formula is C13H20O5. The van der Waals surface area contributed by atoms with Crippen LogP contribution in [0.4, 0.5) is 0 Å². The molecule has 5 nitrogen and oxygen atoms in total. The van der Waals surface area contributed by atoms with E-state index in [4.69, 9.17) is 9.47 Å². The Hall–Kier alpha value is -1.39. The molecule has 1 aliphatic heterocycles. The van der Waals surface area contributed by atoms with Gasteiger partial charge in [0.15, 0.2) is 0 Å². The van der Waals surface area contributed by atoms with Gasteiger partial charge in [-0.2, -0.15) is 0 Å². The fourth-order valence-electron chi connectivity index (χ4n) is 1.61. The Kier molecular flexibility index (Phi) is 4.14. The van der Waals surface area contributed by atoms with Crippen molar-refractivity contribution in [2.45, 2.75) is 47.1 Å². The Morgan fingerprint density at radius 1 is 1.39 bits per heavy atom.